The van der Waals surface area contributed by atoms with Gasteiger partial charge in [-0.05, 0) is 41.0 Å². The first-order valence-corrected chi connectivity index (χ1v) is 15.9. The van der Waals surface area contributed by atoms with E-state index in [0.29, 0.717) is 33.6 Å². The van der Waals surface area contributed by atoms with Gasteiger partial charge in [-0.3, -0.25) is 20.2 Å². The standard InChI is InChI=1S/C41H28N6O4/c1-26(29-14-8-16-33(22-29)46(48)49)39(32-15-9-17-34(23-32)47(50)51)44-37-24-30(18-20-35(37)42)31-19-21-36-38(25-31)45-41(28-12-6-3-7-13-28)40(43-36)27-10-4-2-5-11-27/h2-25H,1,42H2. The van der Waals surface area contributed by atoms with Crippen LogP contribution in [-0.4, -0.2) is 25.5 Å². The van der Waals surface area contributed by atoms with E-state index in [2.05, 4.69) is 6.58 Å². The Hall–Kier alpha value is -7.33. The molecule has 0 saturated carbocycles. The third-order valence-corrected chi connectivity index (χ3v) is 8.38. The maximum Gasteiger partial charge on any atom is 0.270 e. The van der Waals surface area contributed by atoms with E-state index in [4.69, 9.17) is 20.7 Å². The molecule has 7 aromatic rings. The molecule has 1 heterocycles. The Morgan fingerprint density at radius 2 is 1.10 bits per heavy atom. The van der Waals surface area contributed by atoms with Crippen LogP contribution in [0.4, 0.5) is 22.7 Å². The van der Waals surface area contributed by atoms with Crippen molar-refractivity contribution >= 4 is 45.1 Å². The minimum atomic E-state index is -0.499. The molecule has 0 saturated heterocycles. The number of aromatic nitrogens is 2. The number of non-ortho nitro benzene ring substituents is 2. The number of benzene rings is 6. The number of hydrogen-bond acceptors (Lipinski definition) is 8. The Morgan fingerprint density at radius 1 is 0.569 bits per heavy atom. The number of nitrogen functional groups attached to an aromatic ring is 1. The number of aliphatic imine (C=N–C) groups is 1. The average Bonchev–Trinajstić information content (AvgIpc) is 3.17. The Labute approximate surface area is 292 Å². The highest BCUT2D eigenvalue weighted by Crippen LogP contribution is 2.35. The highest BCUT2D eigenvalue weighted by molar-refractivity contribution is 6.32. The number of nitro groups is 2. The molecule has 10 nitrogen and oxygen atoms in total. The van der Waals surface area contributed by atoms with Crippen molar-refractivity contribution in [2.75, 3.05) is 5.73 Å². The fraction of sp³-hybridized carbons (Fsp3) is 0. The van der Waals surface area contributed by atoms with Crippen molar-refractivity contribution in [1.82, 2.24) is 9.97 Å². The fourth-order valence-electron chi connectivity index (χ4n) is 5.79. The van der Waals surface area contributed by atoms with E-state index in [-0.39, 0.29) is 17.1 Å². The van der Waals surface area contributed by atoms with Gasteiger partial charge < -0.3 is 5.73 Å². The van der Waals surface area contributed by atoms with Crippen LogP contribution in [0, 0.1) is 20.2 Å². The summed E-state index contributed by atoms with van der Waals surface area (Å²) in [5.41, 5.74) is 14.9. The van der Waals surface area contributed by atoms with Gasteiger partial charge in [0.2, 0.25) is 0 Å². The summed E-state index contributed by atoms with van der Waals surface area (Å²) in [6.07, 6.45) is 0. The van der Waals surface area contributed by atoms with Crippen LogP contribution in [0.15, 0.2) is 157 Å². The van der Waals surface area contributed by atoms with E-state index in [1.54, 1.807) is 30.3 Å². The number of anilines is 1. The lowest BCUT2D eigenvalue weighted by Crippen LogP contribution is -2.05. The molecule has 0 aliphatic carbocycles. The number of fused-ring (bicyclic) bond motifs is 1. The number of nitrogens with zero attached hydrogens (tertiary/aromatic N) is 5. The Kier molecular flexibility index (Phi) is 8.63. The topological polar surface area (TPSA) is 150 Å². The van der Waals surface area contributed by atoms with E-state index >= 15 is 0 Å². The first kappa shape index (κ1) is 32.2. The first-order valence-electron chi connectivity index (χ1n) is 15.9. The molecule has 246 valence electrons. The predicted octanol–water partition coefficient (Wildman–Crippen LogP) is 9.86. The Balaban J connectivity index is 1.35. The Morgan fingerprint density at radius 3 is 1.71 bits per heavy atom. The van der Waals surface area contributed by atoms with Crippen molar-refractivity contribution in [1.29, 1.82) is 0 Å². The van der Waals surface area contributed by atoms with Crippen molar-refractivity contribution in [3.8, 4) is 33.6 Å². The van der Waals surface area contributed by atoms with Crippen molar-refractivity contribution in [3.63, 3.8) is 0 Å². The van der Waals surface area contributed by atoms with Crippen LogP contribution in [0.1, 0.15) is 11.1 Å². The molecule has 10 heteroatoms. The highest BCUT2D eigenvalue weighted by Gasteiger charge is 2.18. The van der Waals surface area contributed by atoms with Gasteiger partial charge >= 0.3 is 0 Å². The summed E-state index contributed by atoms with van der Waals surface area (Å²) in [6, 6.07) is 43.1. The van der Waals surface area contributed by atoms with Crippen LogP contribution in [0.25, 0.3) is 50.2 Å². The van der Waals surface area contributed by atoms with E-state index in [0.717, 1.165) is 39.2 Å². The molecule has 6 aromatic carbocycles. The molecule has 0 bridgehead atoms. The molecule has 0 amide bonds. The summed E-state index contributed by atoms with van der Waals surface area (Å²) in [5, 5.41) is 23.2. The largest absolute Gasteiger partial charge is 0.397 e. The monoisotopic (exact) mass is 668 g/mol. The second kappa shape index (κ2) is 13.7. The zero-order valence-corrected chi connectivity index (χ0v) is 27.0. The third-order valence-electron chi connectivity index (χ3n) is 8.38. The predicted molar refractivity (Wildman–Crippen MR) is 202 cm³/mol. The van der Waals surface area contributed by atoms with Crippen molar-refractivity contribution in [2.45, 2.75) is 0 Å². The molecule has 2 N–H and O–H groups in total. The zero-order chi connectivity index (χ0) is 35.5. The minimum Gasteiger partial charge on any atom is -0.397 e. The Bertz CT molecular complexity index is 2520. The summed E-state index contributed by atoms with van der Waals surface area (Å²) < 4.78 is 0. The van der Waals surface area contributed by atoms with E-state index in [1.165, 1.54) is 24.3 Å². The van der Waals surface area contributed by atoms with Gasteiger partial charge in [0.15, 0.2) is 0 Å². The number of rotatable bonds is 9. The lowest BCUT2D eigenvalue weighted by atomic mass is 9.96. The fourth-order valence-corrected chi connectivity index (χ4v) is 5.79. The third kappa shape index (κ3) is 6.70. The molecular weight excluding hydrogens is 640 g/mol. The molecule has 0 spiro atoms. The van der Waals surface area contributed by atoms with Gasteiger partial charge in [-0.25, -0.2) is 15.0 Å². The molecule has 51 heavy (non-hydrogen) atoms. The second-order valence-electron chi connectivity index (χ2n) is 11.7. The second-order valence-corrected chi connectivity index (χ2v) is 11.7. The lowest BCUT2D eigenvalue weighted by molar-refractivity contribution is -0.385. The van der Waals surface area contributed by atoms with Gasteiger partial charge in [0, 0.05) is 46.5 Å². The first-order chi connectivity index (χ1) is 24.7. The normalized spacial score (nSPS) is 11.3. The van der Waals surface area contributed by atoms with Crippen LogP contribution in [-0.2, 0) is 0 Å². The van der Waals surface area contributed by atoms with Gasteiger partial charge in [0.1, 0.15) is 0 Å². The number of nitrogens with two attached hydrogens (primary N) is 1. The molecule has 0 unspecified atom stereocenters. The molecule has 1 aromatic heterocycles. The molecule has 0 fully saturated rings. The van der Waals surface area contributed by atoms with Gasteiger partial charge in [-0.1, -0.05) is 104 Å². The molecule has 0 atom stereocenters. The molecular formula is C41H28N6O4. The summed E-state index contributed by atoms with van der Waals surface area (Å²) in [4.78, 5) is 37.3. The maximum atomic E-state index is 11.7. The van der Waals surface area contributed by atoms with Crippen LogP contribution in [0.5, 0.6) is 0 Å². The lowest BCUT2D eigenvalue weighted by Gasteiger charge is -2.13. The van der Waals surface area contributed by atoms with Crippen molar-refractivity contribution in [2.24, 2.45) is 4.99 Å². The maximum absolute atomic E-state index is 11.7. The van der Waals surface area contributed by atoms with E-state index in [9.17, 15) is 20.2 Å². The summed E-state index contributed by atoms with van der Waals surface area (Å²) in [6.45, 7) is 4.20. The van der Waals surface area contributed by atoms with Crippen molar-refractivity contribution < 1.29 is 9.85 Å². The van der Waals surface area contributed by atoms with E-state index < -0.39 is 9.85 Å². The van der Waals surface area contributed by atoms with Crippen LogP contribution >= 0.6 is 0 Å². The van der Waals surface area contributed by atoms with E-state index in [1.807, 2.05) is 91.0 Å². The summed E-state index contributed by atoms with van der Waals surface area (Å²) in [5.74, 6) is 0. The summed E-state index contributed by atoms with van der Waals surface area (Å²) >= 11 is 0. The number of allylic oxidation sites excluding steroid dienone is 1. The van der Waals surface area contributed by atoms with Crippen LogP contribution < -0.4 is 5.73 Å². The van der Waals surface area contributed by atoms with Crippen LogP contribution in [0.3, 0.4) is 0 Å². The van der Waals surface area contributed by atoms with Crippen LogP contribution in [0.2, 0.25) is 0 Å². The average molecular weight is 669 g/mol. The quantitative estimate of drug-likeness (QED) is 0.0696. The molecule has 0 aliphatic heterocycles. The number of nitro benzene ring substituents is 2. The molecule has 7 rings (SSSR count). The SMILES string of the molecule is C=C(C(=Nc1cc(-c2ccc3nc(-c4ccccc4)c(-c4ccccc4)nc3c2)ccc1N)c1cccc([N+](=O)[O-])c1)c1cccc([N+](=O)[O-])c1. The zero-order valence-electron chi connectivity index (χ0n) is 27.0. The summed E-state index contributed by atoms with van der Waals surface area (Å²) in [7, 11) is 0. The highest BCUT2D eigenvalue weighted by atomic mass is 16.6. The molecule has 0 aliphatic rings. The van der Waals surface area contributed by atoms with Gasteiger partial charge in [0.25, 0.3) is 11.4 Å². The minimum absolute atomic E-state index is 0.126. The van der Waals surface area contributed by atoms with Gasteiger partial charge in [-0.2, -0.15) is 0 Å². The molecule has 0 radical (unpaired) electrons. The van der Waals surface area contributed by atoms with Gasteiger partial charge in [0.05, 0.1) is 49.4 Å². The van der Waals surface area contributed by atoms with Crippen molar-refractivity contribution in [3.05, 3.63) is 184 Å². The smallest absolute Gasteiger partial charge is 0.270 e. The van der Waals surface area contributed by atoms with Gasteiger partial charge in [-0.15, -0.1) is 0 Å². The number of hydrogen-bond donors (Lipinski definition) is 1.